The monoisotopic (exact) mass is 313 g/mol. The number of urea groups is 1. The molecule has 0 aliphatic carbocycles. The van der Waals surface area contributed by atoms with Crippen molar-refractivity contribution < 1.29 is 9.59 Å². The number of hydrogen-bond acceptors (Lipinski definition) is 2. The molecule has 18 heavy (non-hydrogen) atoms. The summed E-state index contributed by atoms with van der Waals surface area (Å²) in [5, 5.41) is 5.05. The molecule has 98 valence electrons. The molecule has 0 heterocycles. The number of amides is 3. The van der Waals surface area contributed by atoms with Gasteiger partial charge in [-0.05, 0) is 25.0 Å². The smallest absolute Gasteiger partial charge is 0.312 e. The van der Waals surface area contributed by atoms with Crippen LogP contribution in [0.1, 0.15) is 12.5 Å². The van der Waals surface area contributed by atoms with Gasteiger partial charge in [0.1, 0.15) is 6.04 Å². The van der Waals surface area contributed by atoms with Gasteiger partial charge in [0.05, 0.1) is 0 Å². The Bertz CT molecular complexity index is 437. The molecule has 0 aromatic heterocycles. The van der Waals surface area contributed by atoms with E-state index in [0.29, 0.717) is 6.54 Å². The highest BCUT2D eigenvalue weighted by atomic mass is 79.9. The first-order valence-electron chi connectivity index (χ1n) is 5.58. The second kappa shape index (κ2) is 7.00. The SMILES string of the molecule is C[C@@H](NC(N)=O)C(=O)NCCc1ccccc1Br. The largest absolute Gasteiger partial charge is 0.354 e. The van der Waals surface area contributed by atoms with Crippen molar-refractivity contribution in [2.75, 3.05) is 6.54 Å². The van der Waals surface area contributed by atoms with E-state index in [1.807, 2.05) is 24.3 Å². The van der Waals surface area contributed by atoms with E-state index in [2.05, 4.69) is 26.6 Å². The molecule has 0 saturated heterocycles. The van der Waals surface area contributed by atoms with Crippen LogP contribution < -0.4 is 16.4 Å². The Morgan fingerprint density at radius 1 is 1.39 bits per heavy atom. The van der Waals surface area contributed by atoms with E-state index in [4.69, 9.17) is 5.73 Å². The number of primary amides is 1. The highest BCUT2D eigenvalue weighted by Crippen LogP contribution is 2.15. The minimum Gasteiger partial charge on any atom is -0.354 e. The third-order valence-electron chi connectivity index (χ3n) is 2.40. The van der Waals surface area contributed by atoms with Crippen LogP contribution in [0.4, 0.5) is 4.79 Å². The Balaban J connectivity index is 2.36. The summed E-state index contributed by atoms with van der Waals surface area (Å²) in [5.74, 6) is -0.249. The molecule has 1 aromatic rings. The van der Waals surface area contributed by atoms with E-state index in [-0.39, 0.29) is 5.91 Å². The van der Waals surface area contributed by atoms with E-state index < -0.39 is 12.1 Å². The van der Waals surface area contributed by atoms with Gasteiger partial charge in [-0.1, -0.05) is 34.1 Å². The van der Waals surface area contributed by atoms with E-state index in [1.54, 1.807) is 6.92 Å². The van der Waals surface area contributed by atoms with Gasteiger partial charge in [-0.2, -0.15) is 0 Å². The van der Waals surface area contributed by atoms with Gasteiger partial charge >= 0.3 is 6.03 Å². The summed E-state index contributed by atoms with van der Waals surface area (Å²) < 4.78 is 1.02. The summed E-state index contributed by atoms with van der Waals surface area (Å²) in [4.78, 5) is 22.1. The maximum Gasteiger partial charge on any atom is 0.312 e. The molecule has 4 N–H and O–H groups in total. The first-order valence-corrected chi connectivity index (χ1v) is 6.37. The molecular formula is C12H16BrN3O2. The average molecular weight is 314 g/mol. The molecule has 0 spiro atoms. The van der Waals surface area contributed by atoms with Crippen molar-refractivity contribution in [2.24, 2.45) is 5.73 Å². The summed E-state index contributed by atoms with van der Waals surface area (Å²) in [6, 6.07) is 6.49. The van der Waals surface area contributed by atoms with Crippen LogP contribution in [0.15, 0.2) is 28.7 Å². The predicted molar refractivity (Wildman–Crippen MR) is 73.0 cm³/mol. The Morgan fingerprint density at radius 3 is 2.67 bits per heavy atom. The van der Waals surface area contributed by atoms with Gasteiger partial charge in [0.15, 0.2) is 0 Å². The van der Waals surface area contributed by atoms with Gasteiger partial charge < -0.3 is 16.4 Å². The van der Waals surface area contributed by atoms with Gasteiger partial charge in [0.25, 0.3) is 0 Å². The van der Waals surface area contributed by atoms with Crippen molar-refractivity contribution >= 4 is 27.9 Å². The molecule has 1 rings (SSSR count). The lowest BCUT2D eigenvalue weighted by atomic mass is 10.1. The predicted octanol–water partition coefficient (Wildman–Crippen LogP) is 1.16. The number of benzene rings is 1. The third-order valence-corrected chi connectivity index (χ3v) is 3.18. The van der Waals surface area contributed by atoms with Gasteiger partial charge in [0, 0.05) is 11.0 Å². The third kappa shape index (κ3) is 4.75. The molecule has 0 fully saturated rings. The zero-order valence-electron chi connectivity index (χ0n) is 10.1. The zero-order valence-corrected chi connectivity index (χ0v) is 11.7. The van der Waals surface area contributed by atoms with Gasteiger partial charge in [-0.15, -0.1) is 0 Å². The summed E-state index contributed by atoms with van der Waals surface area (Å²) in [6.07, 6.45) is 0.719. The minimum absolute atomic E-state index is 0.249. The number of carbonyl (C=O) groups excluding carboxylic acids is 2. The Hall–Kier alpha value is -1.56. The van der Waals surface area contributed by atoms with Crippen molar-refractivity contribution in [2.45, 2.75) is 19.4 Å². The van der Waals surface area contributed by atoms with Gasteiger partial charge in [0.2, 0.25) is 5.91 Å². The quantitative estimate of drug-likeness (QED) is 0.762. The standard InChI is InChI=1S/C12H16BrN3O2/c1-8(16-12(14)18)11(17)15-7-6-9-4-2-3-5-10(9)13/h2-5,8H,6-7H2,1H3,(H,15,17)(H3,14,16,18)/t8-/m1/s1. The fraction of sp³-hybridized carbons (Fsp3) is 0.333. The molecule has 0 aliphatic rings. The van der Waals surface area contributed by atoms with E-state index in [9.17, 15) is 9.59 Å². The molecule has 0 unspecified atom stereocenters. The van der Waals surface area contributed by atoms with Crippen molar-refractivity contribution in [1.82, 2.24) is 10.6 Å². The van der Waals surface area contributed by atoms with Crippen molar-refractivity contribution in [3.8, 4) is 0 Å². The van der Waals surface area contributed by atoms with Crippen LogP contribution in [0.5, 0.6) is 0 Å². The summed E-state index contributed by atoms with van der Waals surface area (Å²) in [5.41, 5.74) is 6.05. The number of halogens is 1. The van der Waals surface area contributed by atoms with Crippen LogP contribution in [0.25, 0.3) is 0 Å². The lowest BCUT2D eigenvalue weighted by Gasteiger charge is -2.12. The number of rotatable bonds is 5. The van der Waals surface area contributed by atoms with Crippen molar-refractivity contribution in [3.63, 3.8) is 0 Å². The highest BCUT2D eigenvalue weighted by Gasteiger charge is 2.13. The van der Waals surface area contributed by atoms with Crippen LogP contribution in [0.3, 0.4) is 0 Å². The summed E-state index contributed by atoms with van der Waals surface area (Å²) >= 11 is 3.44. The fourth-order valence-corrected chi connectivity index (χ4v) is 1.94. The Labute approximate surface area is 114 Å². The fourth-order valence-electron chi connectivity index (χ4n) is 1.45. The summed E-state index contributed by atoms with van der Waals surface area (Å²) in [6.45, 7) is 2.09. The molecule has 1 atom stereocenters. The maximum absolute atomic E-state index is 11.6. The molecule has 0 saturated carbocycles. The van der Waals surface area contributed by atoms with Crippen molar-refractivity contribution in [1.29, 1.82) is 0 Å². The maximum atomic E-state index is 11.6. The molecular weight excluding hydrogens is 298 g/mol. The molecule has 3 amide bonds. The first kappa shape index (κ1) is 14.5. The van der Waals surface area contributed by atoms with Crippen LogP contribution in [-0.4, -0.2) is 24.5 Å². The molecule has 1 aromatic carbocycles. The van der Waals surface area contributed by atoms with Crippen LogP contribution in [0.2, 0.25) is 0 Å². The van der Waals surface area contributed by atoms with Crippen LogP contribution >= 0.6 is 15.9 Å². The number of nitrogens with two attached hydrogens (primary N) is 1. The molecule has 6 heteroatoms. The van der Waals surface area contributed by atoms with Gasteiger partial charge in [-0.25, -0.2) is 4.79 Å². The molecule has 0 bridgehead atoms. The number of carbonyl (C=O) groups is 2. The Morgan fingerprint density at radius 2 is 2.06 bits per heavy atom. The average Bonchev–Trinajstić information content (AvgIpc) is 2.30. The second-order valence-electron chi connectivity index (χ2n) is 3.86. The molecule has 0 aliphatic heterocycles. The van der Waals surface area contributed by atoms with Crippen LogP contribution in [0, 0.1) is 0 Å². The van der Waals surface area contributed by atoms with Crippen LogP contribution in [-0.2, 0) is 11.2 Å². The normalized spacial score (nSPS) is 11.7. The molecule has 5 nitrogen and oxygen atoms in total. The van der Waals surface area contributed by atoms with Gasteiger partial charge in [-0.3, -0.25) is 4.79 Å². The first-order chi connectivity index (χ1) is 8.50. The van der Waals surface area contributed by atoms with E-state index >= 15 is 0 Å². The summed E-state index contributed by atoms with van der Waals surface area (Å²) in [7, 11) is 0. The highest BCUT2D eigenvalue weighted by molar-refractivity contribution is 9.10. The molecule has 0 radical (unpaired) electrons. The lowest BCUT2D eigenvalue weighted by Crippen LogP contribution is -2.47. The number of nitrogens with one attached hydrogen (secondary N) is 2. The topological polar surface area (TPSA) is 84.2 Å². The van der Waals surface area contributed by atoms with Crippen molar-refractivity contribution in [3.05, 3.63) is 34.3 Å². The van der Waals surface area contributed by atoms with E-state index in [1.165, 1.54) is 0 Å². The zero-order chi connectivity index (χ0) is 13.5. The Kier molecular flexibility index (Phi) is 5.64. The lowest BCUT2D eigenvalue weighted by molar-refractivity contribution is -0.122. The number of hydrogen-bond donors (Lipinski definition) is 3. The minimum atomic E-state index is -0.705. The van der Waals surface area contributed by atoms with E-state index in [0.717, 1.165) is 16.5 Å². The second-order valence-corrected chi connectivity index (χ2v) is 4.72.